The zero-order valence-corrected chi connectivity index (χ0v) is 14.8. The van der Waals surface area contributed by atoms with Crippen LogP contribution in [0, 0.1) is 6.92 Å². The molecule has 0 atom stereocenters. The molecule has 0 heterocycles. The zero-order valence-electron chi connectivity index (χ0n) is 14.1. The Balaban J connectivity index is 1.83. The molecule has 0 radical (unpaired) electrons. The zero-order chi connectivity index (χ0) is 17.6. The summed E-state index contributed by atoms with van der Waals surface area (Å²) < 4.78 is 0. The normalized spacial score (nSPS) is 10.7. The Labute approximate surface area is 153 Å². The standard InChI is InChI=1S/C22H20ClNO/c1-16-12-13-19(23)14-21(16)24-22(25)15-20(17-8-4-2-5-9-17)18-10-6-3-7-11-18/h2-14,20H,15H2,1H3,(H,24,25). The first-order valence-corrected chi connectivity index (χ1v) is 8.67. The lowest BCUT2D eigenvalue weighted by Crippen LogP contribution is -2.17. The second kappa shape index (κ2) is 8.00. The van der Waals surface area contributed by atoms with E-state index >= 15 is 0 Å². The lowest BCUT2D eigenvalue weighted by Gasteiger charge is -2.18. The van der Waals surface area contributed by atoms with Crippen molar-refractivity contribution in [1.29, 1.82) is 0 Å². The number of carbonyl (C=O) groups excluding carboxylic acids is 1. The largest absolute Gasteiger partial charge is 0.326 e. The highest BCUT2D eigenvalue weighted by Crippen LogP contribution is 2.29. The van der Waals surface area contributed by atoms with Gasteiger partial charge in [0.2, 0.25) is 5.91 Å². The van der Waals surface area contributed by atoms with Gasteiger partial charge in [0, 0.05) is 23.0 Å². The van der Waals surface area contributed by atoms with E-state index in [4.69, 9.17) is 11.6 Å². The van der Waals surface area contributed by atoms with Crippen molar-refractivity contribution in [3.8, 4) is 0 Å². The highest BCUT2D eigenvalue weighted by atomic mass is 35.5. The summed E-state index contributed by atoms with van der Waals surface area (Å²) in [6.45, 7) is 1.96. The maximum absolute atomic E-state index is 12.7. The molecule has 1 N–H and O–H groups in total. The maximum atomic E-state index is 12.7. The van der Waals surface area contributed by atoms with Crippen LogP contribution in [0.15, 0.2) is 78.9 Å². The van der Waals surface area contributed by atoms with Crippen LogP contribution in [0.5, 0.6) is 0 Å². The van der Waals surface area contributed by atoms with Crippen molar-refractivity contribution in [1.82, 2.24) is 0 Å². The highest BCUT2D eigenvalue weighted by molar-refractivity contribution is 6.31. The van der Waals surface area contributed by atoms with Crippen molar-refractivity contribution >= 4 is 23.2 Å². The molecule has 0 aliphatic carbocycles. The van der Waals surface area contributed by atoms with E-state index in [1.54, 1.807) is 6.07 Å². The highest BCUT2D eigenvalue weighted by Gasteiger charge is 2.18. The van der Waals surface area contributed by atoms with Crippen LogP contribution in [0.1, 0.15) is 29.0 Å². The number of hydrogen-bond donors (Lipinski definition) is 1. The van der Waals surface area contributed by atoms with Crippen molar-refractivity contribution in [2.45, 2.75) is 19.3 Å². The first-order valence-electron chi connectivity index (χ1n) is 8.29. The minimum atomic E-state index is -0.0249. The quantitative estimate of drug-likeness (QED) is 0.618. The second-order valence-corrected chi connectivity index (χ2v) is 6.52. The number of rotatable bonds is 5. The van der Waals surface area contributed by atoms with Gasteiger partial charge in [0.25, 0.3) is 0 Å². The van der Waals surface area contributed by atoms with E-state index in [1.165, 1.54) is 0 Å². The molecule has 0 saturated heterocycles. The van der Waals surface area contributed by atoms with E-state index in [9.17, 15) is 4.79 Å². The fourth-order valence-electron chi connectivity index (χ4n) is 2.91. The van der Waals surface area contributed by atoms with Crippen LogP contribution in [0.4, 0.5) is 5.69 Å². The molecular weight excluding hydrogens is 330 g/mol. The molecule has 3 heteroatoms. The van der Waals surface area contributed by atoms with Crippen molar-refractivity contribution < 1.29 is 4.79 Å². The lowest BCUT2D eigenvalue weighted by molar-refractivity contribution is -0.116. The number of benzene rings is 3. The number of aryl methyl sites for hydroxylation is 1. The molecule has 3 aromatic carbocycles. The van der Waals surface area contributed by atoms with Gasteiger partial charge in [-0.2, -0.15) is 0 Å². The predicted molar refractivity (Wildman–Crippen MR) is 104 cm³/mol. The van der Waals surface area contributed by atoms with Crippen LogP contribution in [-0.4, -0.2) is 5.91 Å². The fourth-order valence-corrected chi connectivity index (χ4v) is 3.09. The molecule has 0 saturated carbocycles. The number of nitrogens with one attached hydrogen (secondary N) is 1. The minimum Gasteiger partial charge on any atom is -0.326 e. The van der Waals surface area contributed by atoms with Crippen molar-refractivity contribution in [2.75, 3.05) is 5.32 Å². The van der Waals surface area contributed by atoms with Gasteiger partial charge in [-0.3, -0.25) is 4.79 Å². The third-order valence-corrected chi connectivity index (χ3v) is 4.50. The molecule has 2 nitrogen and oxygen atoms in total. The van der Waals surface area contributed by atoms with Crippen molar-refractivity contribution in [3.05, 3.63) is 101 Å². The van der Waals surface area contributed by atoms with Crippen LogP contribution in [0.3, 0.4) is 0 Å². The van der Waals surface area contributed by atoms with E-state index in [0.29, 0.717) is 11.4 Å². The van der Waals surface area contributed by atoms with E-state index in [-0.39, 0.29) is 11.8 Å². The van der Waals surface area contributed by atoms with E-state index in [0.717, 1.165) is 22.4 Å². The molecule has 0 aromatic heterocycles. The molecule has 0 unspecified atom stereocenters. The molecule has 0 aliphatic rings. The lowest BCUT2D eigenvalue weighted by atomic mass is 9.88. The molecule has 0 fully saturated rings. The summed E-state index contributed by atoms with van der Waals surface area (Å²) >= 11 is 6.05. The summed E-state index contributed by atoms with van der Waals surface area (Å²) in [6.07, 6.45) is 0.375. The van der Waals surface area contributed by atoms with Gasteiger partial charge in [-0.15, -0.1) is 0 Å². The molecule has 1 amide bonds. The van der Waals surface area contributed by atoms with Crippen LogP contribution >= 0.6 is 11.6 Å². The summed E-state index contributed by atoms with van der Waals surface area (Å²) in [6, 6.07) is 25.8. The van der Waals surface area contributed by atoms with Gasteiger partial charge in [0.15, 0.2) is 0 Å². The van der Waals surface area contributed by atoms with Gasteiger partial charge < -0.3 is 5.32 Å². The summed E-state index contributed by atoms with van der Waals surface area (Å²) in [5.41, 5.74) is 4.02. The summed E-state index contributed by atoms with van der Waals surface area (Å²) in [5, 5.41) is 3.61. The topological polar surface area (TPSA) is 29.1 Å². The SMILES string of the molecule is Cc1ccc(Cl)cc1NC(=O)CC(c1ccccc1)c1ccccc1. The molecule has 0 bridgehead atoms. The van der Waals surface area contributed by atoms with Crippen molar-refractivity contribution in [3.63, 3.8) is 0 Å². The summed E-state index contributed by atoms with van der Waals surface area (Å²) in [5.74, 6) is -0.00929. The van der Waals surface area contributed by atoms with Crippen LogP contribution in [0.2, 0.25) is 5.02 Å². The van der Waals surface area contributed by atoms with Crippen LogP contribution in [0.25, 0.3) is 0 Å². The Kier molecular flexibility index (Phi) is 5.52. The maximum Gasteiger partial charge on any atom is 0.225 e. The van der Waals surface area contributed by atoms with Gasteiger partial charge in [-0.05, 0) is 35.7 Å². The molecule has 126 valence electrons. The average molecular weight is 350 g/mol. The molecule has 3 rings (SSSR count). The summed E-state index contributed by atoms with van der Waals surface area (Å²) in [7, 11) is 0. The third kappa shape index (κ3) is 4.49. The van der Waals surface area contributed by atoms with Gasteiger partial charge in [0.1, 0.15) is 0 Å². The molecule has 0 aliphatic heterocycles. The van der Waals surface area contributed by atoms with E-state index in [2.05, 4.69) is 29.6 Å². The number of amides is 1. The molecule has 3 aromatic rings. The fraction of sp³-hybridized carbons (Fsp3) is 0.136. The van der Waals surface area contributed by atoms with E-state index < -0.39 is 0 Å². The Morgan fingerprint density at radius 2 is 1.48 bits per heavy atom. The number of hydrogen-bond acceptors (Lipinski definition) is 1. The van der Waals surface area contributed by atoms with E-state index in [1.807, 2.05) is 55.5 Å². The van der Waals surface area contributed by atoms with Crippen LogP contribution < -0.4 is 5.32 Å². The Morgan fingerprint density at radius 3 is 2.04 bits per heavy atom. The van der Waals surface area contributed by atoms with Gasteiger partial charge in [0.05, 0.1) is 0 Å². The monoisotopic (exact) mass is 349 g/mol. The molecular formula is C22H20ClNO. The van der Waals surface area contributed by atoms with Crippen molar-refractivity contribution in [2.24, 2.45) is 0 Å². The number of halogens is 1. The predicted octanol–water partition coefficient (Wildman–Crippen LogP) is 5.81. The van der Waals surface area contributed by atoms with Gasteiger partial charge >= 0.3 is 0 Å². The van der Waals surface area contributed by atoms with Crippen LogP contribution in [-0.2, 0) is 4.79 Å². The number of carbonyl (C=O) groups is 1. The van der Waals surface area contributed by atoms with Gasteiger partial charge in [-0.25, -0.2) is 0 Å². The Hall–Kier alpha value is -2.58. The number of anilines is 1. The molecule has 0 spiro atoms. The summed E-state index contributed by atoms with van der Waals surface area (Å²) in [4.78, 5) is 12.7. The average Bonchev–Trinajstić information content (AvgIpc) is 2.64. The molecule has 25 heavy (non-hydrogen) atoms. The second-order valence-electron chi connectivity index (χ2n) is 6.09. The van der Waals surface area contributed by atoms with Gasteiger partial charge in [-0.1, -0.05) is 78.3 Å². The third-order valence-electron chi connectivity index (χ3n) is 4.27. The Bertz CT molecular complexity index is 807. The Morgan fingerprint density at radius 1 is 0.920 bits per heavy atom. The first kappa shape index (κ1) is 17.2. The first-order chi connectivity index (χ1) is 12.1. The minimum absolute atomic E-state index is 0.0156. The smallest absolute Gasteiger partial charge is 0.225 e.